The molecule has 9 heteroatoms. The second kappa shape index (κ2) is 9.65. The Morgan fingerprint density at radius 3 is 2.43 bits per heavy atom. The highest BCUT2D eigenvalue weighted by Crippen LogP contribution is 2.28. The maximum absolute atomic E-state index is 12.7. The van der Waals surface area contributed by atoms with Crippen LogP contribution < -0.4 is 10.1 Å². The molecule has 2 aromatic carbocycles. The highest BCUT2D eigenvalue weighted by Gasteiger charge is 2.24. The van der Waals surface area contributed by atoms with E-state index in [0.29, 0.717) is 5.75 Å². The Labute approximate surface area is 175 Å². The van der Waals surface area contributed by atoms with Crippen LogP contribution in [-0.2, 0) is 14.8 Å². The van der Waals surface area contributed by atoms with Crippen LogP contribution >= 0.6 is 23.4 Å². The predicted molar refractivity (Wildman–Crippen MR) is 113 cm³/mol. The van der Waals surface area contributed by atoms with Crippen LogP contribution in [0.15, 0.2) is 52.3 Å². The van der Waals surface area contributed by atoms with Gasteiger partial charge in [-0.2, -0.15) is 4.31 Å². The molecule has 152 valence electrons. The van der Waals surface area contributed by atoms with E-state index in [-0.39, 0.29) is 22.5 Å². The van der Waals surface area contributed by atoms with Gasteiger partial charge in [-0.15, -0.1) is 11.8 Å². The fraction of sp³-hybridized carbons (Fsp3) is 0.316. The summed E-state index contributed by atoms with van der Waals surface area (Å²) >= 11 is 7.65. The third-order valence-electron chi connectivity index (χ3n) is 4.19. The zero-order valence-electron chi connectivity index (χ0n) is 16.1. The minimum Gasteiger partial charge on any atom is -0.495 e. The number of amides is 1. The molecular weight excluding hydrogens is 420 g/mol. The lowest BCUT2D eigenvalue weighted by molar-refractivity contribution is -0.121. The van der Waals surface area contributed by atoms with Gasteiger partial charge in [0.15, 0.2) is 0 Å². The molecule has 0 aromatic heterocycles. The Morgan fingerprint density at radius 2 is 1.89 bits per heavy atom. The number of nitrogens with zero attached hydrogens (tertiary/aromatic N) is 1. The van der Waals surface area contributed by atoms with Crippen LogP contribution in [0.5, 0.6) is 5.75 Å². The van der Waals surface area contributed by atoms with Crippen molar-refractivity contribution in [1.29, 1.82) is 0 Å². The van der Waals surface area contributed by atoms with Crippen LogP contribution in [0, 0.1) is 0 Å². The van der Waals surface area contributed by atoms with Gasteiger partial charge in [0.2, 0.25) is 15.9 Å². The predicted octanol–water partition coefficient (Wildman–Crippen LogP) is 3.57. The van der Waals surface area contributed by atoms with Crippen LogP contribution in [0.4, 0.5) is 0 Å². The van der Waals surface area contributed by atoms with Crippen molar-refractivity contribution in [2.45, 2.75) is 22.8 Å². The van der Waals surface area contributed by atoms with Gasteiger partial charge in [-0.3, -0.25) is 4.79 Å². The van der Waals surface area contributed by atoms with Gasteiger partial charge in [0.1, 0.15) is 5.75 Å². The molecule has 0 fully saturated rings. The zero-order valence-corrected chi connectivity index (χ0v) is 18.5. The number of hydrogen-bond acceptors (Lipinski definition) is 5. The molecule has 0 bridgehead atoms. The molecule has 6 nitrogen and oxygen atoms in total. The van der Waals surface area contributed by atoms with Crippen LogP contribution in [-0.4, -0.2) is 45.6 Å². The van der Waals surface area contributed by atoms with Gasteiger partial charge < -0.3 is 10.1 Å². The van der Waals surface area contributed by atoms with Gasteiger partial charge in [0.25, 0.3) is 0 Å². The second-order valence-corrected chi connectivity index (χ2v) is 9.45. The lowest BCUT2D eigenvalue weighted by atomic mass is 10.1. The topological polar surface area (TPSA) is 75.7 Å². The van der Waals surface area contributed by atoms with Crippen molar-refractivity contribution < 1.29 is 17.9 Å². The lowest BCUT2D eigenvalue weighted by Gasteiger charge is -2.20. The molecule has 0 aliphatic heterocycles. The number of likely N-dealkylation sites (N-methyl/N-ethyl adjacent to an activating group) is 1. The van der Waals surface area contributed by atoms with E-state index in [1.54, 1.807) is 11.8 Å². The molecule has 2 rings (SSSR count). The van der Waals surface area contributed by atoms with Crippen molar-refractivity contribution in [2.24, 2.45) is 0 Å². The normalized spacial score (nSPS) is 12.6. The number of rotatable bonds is 8. The summed E-state index contributed by atoms with van der Waals surface area (Å²) in [5, 5.41) is 3.00. The number of sulfonamides is 1. The molecule has 28 heavy (non-hydrogen) atoms. The number of halogens is 1. The summed E-state index contributed by atoms with van der Waals surface area (Å²) in [6.45, 7) is 1.54. The quantitative estimate of drug-likeness (QED) is 0.632. The second-order valence-electron chi connectivity index (χ2n) is 6.12. The third-order valence-corrected chi connectivity index (χ3v) is 7.03. The maximum atomic E-state index is 12.7. The minimum absolute atomic E-state index is 0.00528. The number of nitrogens with one attached hydrogen (secondary N) is 1. The Morgan fingerprint density at radius 1 is 1.25 bits per heavy atom. The van der Waals surface area contributed by atoms with E-state index in [1.807, 2.05) is 37.4 Å². The fourth-order valence-electron chi connectivity index (χ4n) is 2.54. The average molecular weight is 443 g/mol. The number of benzene rings is 2. The van der Waals surface area contributed by atoms with Crippen LogP contribution in [0.1, 0.15) is 18.5 Å². The van der Waals surface area contributed by atoms with Gasteiger partial charge in [-0.1, -0.05) is 23.7 Å². The number of carbonyl (C=O) groups excluding carboxylic acids is 1. The Bertz CT molecular complexity index is 933. The molecule has 0 aliphatic carbocycles. The van der Waals surface area contributed by atoms with Crippen molar-refractivity contribution in [2.75, 3.05) is 27.0 Å². The summed E-state index contributed by atoms with van der Waals surface area (Å²) in [5.74, 6) is -0.0190. The Hall–Kier alpha value is -1.74. The molecule has 0 radical (unpaired) electrons. The summed E-state index contributed by atoms with van der Waals surface area (Å²) in [7, 11) is -1.06. The van der Waals surface area contributed by atoms with Crippen molar-refractivity contribution in [3.8, 4) is 5.75 Å². The summed E-state index contributed by atoms with van der Waals surface area (Å²) in [6, 6.07) is 11.8. The molecule has 0 heterocycles. The SMILES string of the molecule is COc1ccc(S(=O)(=O)N(C)CC(=O)N[C@@H](C)c2ccc(SC)cc2)cc1Cl. The Balaban J connectivity index is 2.04. The zero-order chi connectivity index (χ0) is 20.9. The average Bonchev–Trinajstić information content (AvgIpc) is 2.67. The molecule has 0 saturated heterocycles. The minimum atomic E-state index is -3.86. The van der Waals surface area contributed by atoms with Crippen molar-refractivity contribution in [3.05, 3.63) is 53.1 Å². The van der Waals surface area contributed by atoms with E-state index >= 15 is 0 Å². The van der Waals surface area contributed by atoms with Gasteiger partial charge >= 0.3 is 0 Å². The van der Waals surface area contributed by atoms with E-state index in [4.69, 9.17) is 16.3 Å². The molecule has 0 saturated carbocycles. The number of carbonyl (C=O) groups is 1. The van der Waals surface area contributed by atoms with E-state index in [9.17, 15) is 13.2 Å². The van der Waals surface area contributed by atoms with E-state index in [1.165, 1.54) is 32.4 Å². The third kappa shape index (κ3) is 5.41. The van der Waals surface area contributed by atoms with Crippen molar-refractivity contribution in [3.63, 3.8) is 0 Å². The lowest BCUT2D eigenvalue weighted by Crippen LogP contribution is -2.39. The van der Waals surface area contributed by atoms with Crippen LogP contribution in [0.3, 0.4) is 0 Å². The van der Waals surface area contributed by atoms with Crippen LogP contribution in [0.2, 0.25) is 5.02 Å². The first kappa shape index (κ1) is 22.5. The largest absolute Gasteiger partial charge is 0.495 e. The maximum Gasteiger partial charge on any atom is 0.243 e. The molecule has 1 atom stereocenters. The Kier molecular flexibility index (Phi) is 7.77. The van der Waals surface area contributed by atoms with E-state index in [0.717, 1.165) is 14.8 Å². The van der Waals surface area contributed by atoms with Crippen LogP contribution in [0.25, 0.3) is 0 Å². The first-order valence-electron chi connectivity index (χ1n) is 8.42. The molecule has 0 aliphatic rings. The van der Waals surface area contributed by atoms with Gasteiger partial charge in [0, 0.05) is 11.9 Å². The number of methoxy groups -OCH3 is 1. The molecule has 1 N–H and O–H groups in total. The number of hydrogen-bond donors (Lipinski definition) is 1. The highest BCUT2D eigenvalue weighted by atomic mass is 35.5. The first-order valence-corrected chi connectivity index (χ1v) is 11.5. The molecule has 1 amide bonds. The van der Waals surface area contributed by atoms with Gasteiger partial charge in [-0.05, 0) is 49.1 Å². The molecule has 0 spiro atoms. The summed E-state index contributed by atoms with van der Waals surface area (Å²) in [6.07, 6.45) is 1.99. The number of ether oxygens (including phenoxy) is 1. The van der Waals surface area contributed by atoms with Gasteiger partial charge in [-0.25, -0.2) is 8.42 Å². The highest BCUT2D eigenvalue weighted by molar-refractivity contribution is 7.98. The van der Waals surface area contributed by atoms with Crippen molar-refractivity contribution in [1.82, 2.24) is 9.62 Å². The smallest absolute Gasteiger partial charge is 0.243 e. The standard InChI is InChI=1S/C19H23ClN2O4S2/c1-13(14-5-7-15(27-4)8-6-14)21-19(23)12-22(2)28(24,25)16-9-10-18(26-3)17(20)11-16/h5-11,13H,12H2,1-4H3,(H,21,23)/t13-/m0/s1. The van der Waals surface area contributed by atoms with E-state index in [2.05, 4.69) is 5.32 Å². The van der Waals surface area contributed by atoms with Crippen molar-refractivity contribution >= 4 is 39.3 Å². The molecule has 2 aromatic rings. The summed E-state index contributed by atoms with van der Waals surface area (Å²) in [4.78, 5) is 13.5. The first-order chi connectivity index (χ1) is 13.2. The summed E-state index contributed by atoms with van der Waals surface area (Å²) in [5.41, 5.74) is 0.943. The molecule has 0 unspecified atom stereocenters. The molecular formula is C19H23ClN2O4S2. The fourth-order valence-corrected chi connectivity index (χ4v) is 4.42. The summed E-state index contributed by atoms with van der Waals surface area (Å²) < 4.78 is 31.4. The monoisotopic (exact) mass is 442 g/mol. The number of thioether (sulfide) groups is 1. The van der Waals surface area contributed by atoms with Gasteiger partial charge in [0.05, 0.1) is 29.6 Å². The van der Waals surface area contributed by atoms with E-state index < -0.39 is 15.9 Å².